The van der Waals surface area contributed by atoms with E-state index in [0.29, 0.717) is 30.1 Å². The molecule has 1 aliphatic rings. The van der Waals surface area contributed by atoms with Gasteiger partial charge in [-0.25, -0.2) is 0 Å². The summed E-state index contributed by atoms with van der Waals surface area (Å²) in [5, 5.41) is 16.3. The Bertz CT molecular complexity index is 1020. The number of nitriles is 1. The van der Waals surface area contributed by atoms with Crippen molar-refractivity contribution in [3.8, 4) is 6.07 Å². The second kappa shape index (κ2) is 9.97. The molecule has 0 spiro atoms. The molecule has 2 aromatic rings. The molecule has 3 rings (SSSR count). The maximum atomic E-state index is 13.0. The Kier molecular flexibility index (Phi) is 7.34. The zero-order chi connectivity index (χ0) is 22.5. The first-order chi connectivity index (χ1) is 14.8. The number of Topliss-reactive ketones (excluding diaryl/α,β-unsaturated/α-hetero) is 1. The molecule has 164 valence electrons. The second-order valence-corrected chi connectivity index (χ2v) is 8.95. The van der Waals surface area contributed by atoms with Crippen molar-refractivity contribution in [3.05, 3.63) is 35.0 Å². The van der Waals surface area contributed by atoms with Gasteiger partial charge in [-0.3, -0.25) is 14.4 Å². The van der Waals surface area contributed by atoms with Crippen LogP contribution in [0.2, 0.25) is 5.02 Å². The van der Waals surface area contributed by atoms with Crippen molar-refractivity contribution in [2.75, 3.05) is 6.54 Å². The summed E-state index contributed by atoms with van der Waals surface area (Å²) in [4.78, 5) is 40.8. The van der Waals surface area contributed by atoms with Crippen LogP contribution in [0.15, 0.2) is 24.3 Å². The molecule has 1 saturated heterocycles. The highest BCUT2D eigenvalue weighted by atomic mass is 35.5. The third kappa shape index (κ3) is 5.65. The van der Waals surface area contributed by atoms with Gasteiger partial charge in [0.25, 0.3) is 0 Å². The van der Waals surface area contributed by atoms with E-state index in [0.717, 1.165) is 10.9 Å². The van der Waals surface area contributed by atoms with E-state index in [9.17, 15) is 19.6 Å². The van der Waals surface area contributed by atoms with Gasteiger partial charge in [0.15, 0.2) is 5.78 Å². The number of hydrogen-bond acceptors (Lipinski definition) is 4. The van der Waals surface area contributed by atoms with Gasteiger partial charge in [-0.05, 0) is 43.4 Å². The lowest BCUT2D eigenvalue weighted by atomic mass is 9.90. The van der Waals surface area contributed by atoms with Crippen molar-refractivity contribution in [1.82, 2.24) is 15.6 Å². The van der Waals surface area contributed by atoms with E-state index in [1.165, 1.54) is 0 Å². The number of amides is 2. The van der Waals surface area contributed by atoms with Crippen LogP contribution in [0.4, 0.5) is 0 Å². The van der Waals surface area contributed by atoms with Gasteiger partial charge in [-0.2, -0.15) is 5.26 Å². The first-order valence-electron chi connectivity index (χ1n) is 10.6. The molecule has 0 radical (unpaired) electrons. The highest BCUT2D eigenvalue weighted by Crippen LogP contribution is 2.26. The summed E-state index contributed by atoms with van der Waals surface area (Å²) in [6.07, 6.45) is 1.47. The van der Waals surface area contributed by atoms with Crippen LogP contribution in [0.3, 0.4) is 0 Å². The zero-order valence-electron chi connectivity index (χ0n) is 17.7. The summed E-state index contributed by atoms with van der Waals surface area (Å²) in [5.41, 5.74) is 1.17. The SMILES string of the molecule is CC(C)C[C@H](CC(=O)c1cc2c(Cl)cccc2[nH]1)C(=O)N[C@H](C#N)C[C@@H]1CCNC1=O. The molecule has 2 heterocycles. The van der Waals surface area contributed by atoms with Gasteiger partial charge in [-0.1, -0.05) is 31.5 Å². The van der Waals surface area contributed by atoms with Crippen molar-refractivity contribution in [2.24, 2.45) is 17.8 Å². The van der Waals surface area contributed by atoms with E-state index in [1.54, 1.807) is 18.2 Å². The lowest BCUT2D eigenvalue weighted by molar-refractivity contribution is -0.127. The van der Waals surface area contributed by atoms with Crippen LogP contribution in [0.5, 0.6) is 0 Å². The molecule has 0 aliphatic carbocycles. The van der Waals surface area contributed by atoms with E-state index in [2.05, 4.69) is 21.7 Å². The van der Waals surface area contributed by atoms with Gasteiger partial charge in [0.05, 0.1) is 11.8 Å². The molecule has 0 saturated carbocycles. The number of benzene rings is 1. The van der Waals surface area contributed by atoms with Crippen LogP contribution in [0.25, 0.3) is 10.9 Å². The molecule has 0 unspecified atom stereocenters. The molecular formula is C23H27ClN4O3. The quantitative estimate of drug-likeness (QED) is 0.514. The number of carbonyl (C=O) groups excluding carboxylic acids is 3. The highest BCUT2D eigenvalue weighted by Gasteiger charge is 2.30. The third-order valence-electron chi connectivity index (χ3n) is 5.63. The summed E-state index contributed by atoms with van der Waals surface area (Å²) in [7, 11) is 0. The largest absolute Gasteiger partial charge is 0.356 e. The molecule has 8 heteroatoms. The van der Waals surface area contributed by atoms with Gasteiger partial charge in [-0.15, -0.1) is 0 Å². The monoisotopic (exact) mass is 442 g/mol. The molecule has 7 nitrogen and oxygen atoms in total. The number of hydrogen-bond donors (Lipinski definition) is 3. The minimum absolute atomic E-state index is 0.0243. The average Bonchev–Trinajstić information content (AvgIpc) is 3.33. The average molecular weight is 443 g/mol. The summed E-state index contributed by atoms with van der Waals surface area (Å²) in [5.74, 6) is -1.24. The fourth-order valence-corrected chi connectivity index (χ4v) is 4.27. The maximum absolute atomic E-state index is 13.0. The van der Waals surface area contributed by atoms with Crippen LogP contribution < -0.4 is 10.6 Å². The molecule has 1 aliphatic heterocycles. The number of aromatic amines is 1. The van der Waals surface area contributed by atoms with Crippen molar-refractivity contribution in [1.29, 1.82) is 5.26 Å². The van der Waals surface area contributed by atoms with Crippen molar-refractivity contribution in [2.45, 2.75) is 45.6 Å². The van der Waals surface area contributed by atoms with E-state index >= 15 is 0 Å². The number of aromatic nitrogens is 1. The standard InChI is InChI=1S/C23H27ClN4O3/c1-13(2)8-15(23(31)27-16(12-25)9-14-6-7-26-22(14)30)10-21(29)20-11-17-18(24)4-3-5-19(17)28-20/h3-5,11,13-16,28H,6-10H2,1-2H3,(H,26,30)(H,27,31)/t14-,15+,16-/m0/s1. The first-order valence-corrected chi connectivity index (χ1v) is 10.9. The van der Waals surface area contributed by atoms with Gasteiger partial charge in [0.2, 0.25) is 11.8 Å². The van der Waals surface area contributed by atoms with Crippen molar-refractivity contribution >= 4 is 40.1 Å². The molecule has 3 atom stereocenters. The fourth-order valence-electron chi connectivity index (χ4n) is 4.04. The molecule has 1 aromatic heterocycles. The second-order valence-electron chi connectivity index (χ2n) is 8.54. The van der Waals surface area contributed by atoms with Crippen LogP contribution in [-0.2, 0) is 9.59 Å². The fraction of sp³-hybridized carbons (Fsp3) is 0.478. The van der Waals surface area contributed by atoms with E-state index in [-0.39, 0.29) is 42.3 Å². The number of H-pyrrole nitrogens is 1. The summed E-state index contributed by atoms with van der Waals surface area (Å²) < 4.78 is 0. The Labute approximate surface area is 186 Å². The van der Waals surface area contributed by atoms with Crippen LogP contribution in [-0.4, -0.2) is 35.2 Å². The summed E-state index contributed by atoms with van der Waals surface area (Å²) in [6, 6.07) is 8.42. The molecular weight excluding hydrogens is 416 g/mol. The van der Waals surface area contributed by atoms with Crippen LogP contribution >= 0.6 is 11.6 Å². The Balaban J connectivity index is 1.70. The number of fused-ring (bicyclic) bond motifs is 1. The van der Waals surface area contributed by atoms with Gasteiger partial charge in [0, 0.05) is 40.7 Å². The third-order valence-corrected chi connectivity index (χ3v) is 5.95. The Morgan fingerprint density at radius 2 is 2.13 bits per heavy atom. The molecule has 1 fully saturated rings. The Morgan fingerprint density at radius 1 is 1.35 bits per heavy atom. The predicted octanol–water partition coefficient (Wildman–Crippen LogP) is 3.59. The maximum Gasteiger partial charge on any atom is 0.224 e. The molecule has 2 amide bonds. The number of halogens is 1. The van der Waals surface area contributed by atoms with Gasteiger partial charge >= 0.3 is 0 Å². The van der Waals surface area contributed by atoms with Crippen molar-refractivity contribution in [3.63, 3.8) is 0 Å². The van der Waals surface area contributed by atoms with Gasteiger partial charge in [0.1, 0.15) is 6.04 Å². The number of carbonyl (C=O) groups is 3. The number of ketones is 1. The summed E-state index contributed by atoms with van der Waals surface area (Å²) >= 11 is 6.20. The molecule has 31 heavy (non-hydrogen) atoms. The topological polar surface area (TPSA) is 115 Å². The van der Waals surface area contributed by atoms with Crippen LogP contribution in [0, 0.1) is 29.1 Å². The van der Waals surface area contributed by atoms with E-state index < -0.39 is 12.0 Å². The minimum atomic E-state index is -0.766. The highest BCUT2D eigenvalue weighted by molar-refractivity contribution is 6.35. The van der Waals surface area contributed by atoms with Crippen molar-refractivity contribution < 1.29 is 14.4 Å². The molecule has 0 bridgehead atoms. The Hall–Kier alpha value is -2.85. The Morgan fingerprint density at radius 3 is 2.74 bits per heavy atom. The van der Waals surface area contributed by atoms with Crippen LogP contribution in [0.1, 0.15) is 50.0 Å². The molecule has 1 aromatic carbocycles. The van der Waals surface area contributed by atoms with E-state index in [4.69, 9.17) is 11.6 Å². The number of rotatable bonds is 9. The predicted molar refractivity (Wildman–Crippen MR) is 118 cm³/mol. The number of nitrogens with zero attached hydrogens (tertiary/aromatic N) is 1. The number of nitrogens with one attached hydrogen (secondary N) is 3. The van der Waals surface area contributed by atoms with Gasteiger partial charge < -0.3 is 15.6 Å². The minimum Gasteiger partial charge on any atom is -0.356 e. The molecule has 3 N–H and O–H groups in total. The zero-order valence-corrected chi connectivity index (χ0v) is 18.5. The summed E-state index contributed by atoms with van der Waals surface area (Å²) in [6.45, 7) is 4.56. The first kappa shape index (κ1) is 22.8. The normalized spacial score (nSPS) is 17.9. The lowest BCUT2D eigenvalue weighted by Crippen LogP contribution is -2.41. The smallest absolute Gasteiger partial charge is 0.224 e. The van der Waals surface area contributed by atoms with E-state index in [1.807, 2.05) is 19.9 Å². The lowest BCUT2D eigenvalue weighted by Gasteiger charge is -2.21.